The summed E-state index contributed by atoms with van der Waals surface area (Å²) >= 11 is 3.31. The molecule has 0 amide bonds. The third-order valence-electron chi connectivity index (χ3n) is 4.18. The normalized spacial score (nSPS) is 15.6. The molecule has 0 radical (unpaired) electrons. The Hall–Kier alpha value is -1.34. The van der Waals surface area contributed by atoms with Crippen LogP contribution in [0.3, 0.4) is 0 Å². The van der Waals surface area contributed by atoms with Gasteiger partial charge in [0.15, 0.2) is 15.8 Å². The second-order valence-electron chi connectivity index (χ2n) is 6.06. The molecule has 0 fully saturated rings. The number of guanidine groups is 1. The summed E-state index contributed by atoms with van der Waals surface area (Å²) in [5, 5.41) is 6.32. The molecule has 0 saturated carbocycles. The molecule has 0 heterocycles. The van der Waals surface area contributed by atoms with Crippen molar-refractivity contribution in [2.75, 3.05) is 25.9 Å². The summed E-state index contributed by atoms with van der Waals surface area (Å²) < 4.78 is 25.5. The fourth-order valence-electron chi connectivity index (χ4n) is 2.76. The van der Waals surface area contributed by atoms with Crippen LogP contribution in [0.15, 0.2) is 50.3 Å². The molecular formula is C18H26BrN3O2S. The van der Waals surface area contributed by atoms with Crippen molar-refractivity contribution < 1.29 is 8.42 Å². The Kier molecular flexibility index (Phi) is 7.96. The zero-order valence-electron chi connectivity index (χ0n) is 14.6. The van der Waals surface area contributed by atoms with Crippen molar-refractivity contribution in [3.8, 4) is 0 Å². The maximum absolute atomic E-state index is 12.3. The van der Waals surface area contributed by atoms with Gasteiger partial charge < -0.3 is 10.6 Å². The highest BCUT2D eigenvalue weighted by Crippen LogP contribution is 2.19. The summed E-state index contributed by atoms with van der Waals surface area (Å²) in [6, 6.07) is 6.70. The largest absolute Gasteiger partial charge is 0.356 e. The third kappa shape index (κ3) is 6.82. The fourth-order valence-corrected chi connectivity index (χ4v) is 4.18. The van der Waals surface area contributed by atoms with Crippen LogP contribution >= 0.6 is 15.9 Å². The van der Waals surface area contributed by atoms with Crippen LogP contribution in [0.4, 0.5) is 0 Å². The first kappa shape index (κ1) is 20.0. The predicted molar refractivity (Wildman–Crippen MR) is 107 cm³/mol. The van der Waals surface area contributed by atoms with Crippen molar-refractivity contribution >= 4 is 31.7 Å². The molecule has 1 aromatic rings. The van der Waals surface area contributed by atoms with Crippen molar-refractivity contribution in [3.05, 3.63) is 40.4 Å². The Morgan fingerprint density at radius 2 is 1.88 bits per heavy atom. The number of hydrogen-bond donors (Lipinski definition) is 2. The van der Waals surface area contributed by atoms with Crippen LogP contribution in [-0.4, -0.2) is 40.3 Å². The van der Waals surface area contributed by atoms with Crippen molar-refractivity contribution in [1.82, 2.24) is 10.6 Å². The van der Waals surface area contributed by atoms with E-state index < -0.39 is 9.84 Å². The zero-order valence-corrected chi connectivity index (χ0v) is 17.0. The molecule has 1 aliphatic rings. The first-order chi connectivity index (χ1) is 12.0. The SMILES string of the molecule is CN=C(NCCC1=CCCCC1)NCCS(=O)(=O)c1ccc(Br)cc1. The maximum Gasteiger partial charge on any atom is 0.191 e. The molecule has 0 bridgehead atoms. The number of hydrogen-bond acceptors (Lipinski definition) is 3. The number of nitrogens with one attached hydrogen (secondary N) is 2. The second kappa shape index (κ2) is 9.97. The van der Waals surface area contributed by atoms with Crippen LogP contribution in [0.5, 0.6) is 0 Å². The highest BCUT2D eigenvalue weighted by Gasteiger charge is 2.14. The van der Waals surface area contributed by atoms with Crippen LogP contribution < -0.4 is 10.6 Å². The number of aliphatic imine (C=N–C) groups is 1. The average Bonchev–Trinajstić information content (AvgIpc) is 2.61. The Labute approximate surface area is 159 Å². The molecule has 0 atom stereocenters. The lowest BCUT2D eigenvalue weighted by atomic mass is 9.97. The number of halogens is 1. The van der Waals surface area contributed by atoms with Gasteiger partial charge in [-0.3, -0.25) is 4.99 Å². The van der Waals surface area contributed by atoms with Gasteiger partial charge in [0.05, 0.1) is 10.6 Å². The lowest BCUT2D eigenvalue weighted by Gasteiger charge is -2.15. The van der Waals surface area contributed by atoms with Gasteiger partial charge in [0.1, 0.15) is 0 Å². The summed E-state index contributed by atoms with van der Waals surface area (Å²) in [6.45, 7) is 1.13. The van der Waals surface area contributed by atoms with E-state index in [0.29, 0.717) is 17.4 Å². The van der Waals surface area contributed by atoms with E-state index in [2.05, 4.69) is 37.6 Å². The maximum atomic E-state index is 12.3. The summed E-state index contributed by atoms with van der Waals surface area (Å²) in [5.41, 5.74) is 1.51. The van der Waals surface area contributed by atoms with E-state index in [1.54, 1.807) is 31.3 Å². The van der Waals surface area contributed by atoms with Crippen LogP contribution in [0.1, 0.15) is 32.1 Å². The molecular weight excluding hydrogens is 402 g/mol. The topological polar surface area (TPSA) is 70.6 Å². The van der Waals surface area contributed by atoms with Gasteiger partial charge in [-0.05, 0) is 56.4 Å². The van der Waals surface area contributed by atoms with Gasteiger partial charge in [-0.25, -0.2) is 8.42 Å². The highest BCUT2D eigenvalue weighted by molar-refractivity contribution is 9.10. The Bertz CT molecular complexity index is 712. The molecule has 2 rings (SSSR count). The molecule has 1 aromatic carbocycles. The molecule has 0 saturated heterocycles. The average molecular weight is 428 g/mol. The number of sulfone groups is 1. The van der Waals surface area contributed by atoms with Gasteiger partial charge in [0.2, 0.25) is 0 Å². The van der Waals surface area contributed by atoms with Gasteiger partial charge in [-0.15, -0.1) is 0 Å². The molecule has 0 aromatic heterocycles. The molecule has 0 spiro atoms. The van der Waals surface area contributed by atoms with E-state index in [4.69, 9.17) is 0 Å². The van der Waals surface area contributed by atoms with Crippen molar-refractivity contribution in [1.29, 1.82) is 0 Å². The van der Waals surface area contributed by atoms with E-state index in [1.165, 1.54) is 31.3 Å². The molecule has 0 aliphatic heterocycles. The highest BCUT2D eigenvalue weighted by atomic mass is 79.9. The molecule has 5 nitrogen and oxygen atoms in total. The number of allylic oxidation sites excluding steroid dienone is 1. The fraction of sp³-hybridized carbons (Fsp3) is 0.500. The number of benzene rings is 1. The Morgan fingerprint density at radius 3 is 2.52 bits per heavy atom. The lowest BCUT2D eigenvalue weighted by molar-refractivity contribution is 0.594. The summed E-state index contributed by atoms with van der Waals surface area (Å²) in [4.78, 5) is 4.49. The first-order valence-corrected chi connectivity index (χ1v) is 11.1. The van der Waals surface area contributed by atoms with E-state index in [0.717, 1.165) is 17.4 Å². The number of rotatable bonds is 7. The molecule has 1 aliphatic carbocycles. The van der Waals surface area contributed by atoms with Crippen LogP contribution in [0.2, 0.25) is 0 Å². The van der Waals surface area contributed by atoms with Gasteiger partial charge in [-0.1, -0.05) is 27.6 Å². The Balaban J connectivity index is 1.74. The zero-order chi connectivity index (χ0) is 18.1. The minimum Gasteiger partial charge on any atom is -0.356 e. The van der Waals surface area contributed by atoms with Gasteiger partial charge >= 0.3 is 0 Å². The molecule has 7 heteroatoms. The van der Waals surface area contributed by atoms with E-state index >= 15 is 0 Å². The van der Waals surface area contributed by atoms with Gasteiger partial charge in [-0.2, -0.15) is 0 Å². The minimum atomic E-state index is -3.29. The molecule has 25 heavy (non-hydrogen) atoms. The second-order valence-corrected chi connectivity index (χ2v) is 9.08. The summed E-state index contributed by atoms with van der Waals surface area (Å²) in [7, 11) is -1.60. The lowest BCUT2D eigenvalue weighted by Crippen LogP contribution is -2.40. The smallest absolute Gasteiger partial charge is 0.191 e. The predicted octanol–water partition coefficient (Wildman–Crippen LogP) is 3.28. The van der Waals surface area contributed by atoms with E-state index in [9.17, 15) is 8.42 Å². The van der Waals surface area contributed by atoms with Gasteiger partial charge in [0, 0.05) is 24.6 Å². The molecule has 2 N–H and O–H groups in total. The van der Waals surface area contributed by atoms with E-state index in [1.807, 2.05) is 0 Å². The Morgan fingerprint density at radius 1 is 1.16 bits per heavy atom. The van der Waals surface area contributed by atoms with Crippen molar-refractivity contribution in [2.24, 2.45) is 4.99 Å². The monoisotopic (exact) mass is 427 g/mol. The summed E-state index contributed by atoms with van der Waals surface area (Å²) in [5.74, 6) is 0.669. The minimum absolute atomic E-state index is 0.0283. The standard InChI is InChI=1S/C18H26BrN3O2S/c1-20-18(21-12-11-15-5-3-2-4-6-15)22-13-14-25(23,24)17-9-7-16(19)8-10-17/h5,7-10H,2-4,6,11-14H2,1H3,(H2,20,21,22). The van der Waals surface area contributed by atoms with Crippen molar-refractivity contribution in [2.45, 2.75) is 37.0 Å². The molecule has 0 unspecified atom stereocenters. The quantitative estimate of drug-likeness (QED) is 0.397. The summed E-state index contributed by atoms with van der Waals surface area (Å²) in [6.07, 6.45) is 8.32. The van der Waals surface area contributed by atoms with Crippen LogP contribution in [0.25, 0.3) is 0 Å². The number of nitrogens with zero attached hydrogens (tertiary/aromatic N) is 1. The van der Waals surface area contributed by atoms with Gasteiger partial charge in [0.25, 0.3) is 0 Å². The van der Waals surface area contributed by atoms with E-state index in [-0.39, 0.29) is 5.75 Å². The molecule has 138 valence electrons. The first-order valence-electron chi connectivity index (χ1n) is 8.62. The van der Waals surface area contributed by atoms with Crippen LogP contribution in [0, 0.1) is 0 Å². The van der Waals surface area contributed by atoms with Crippen LogP contribution in [-0.2, 0) is 9.84 Å². The van der Waals surface area contributed by atoms with Crippen molar-refractivity contribution in [3.63, 3.8) is 0 Å². The third-order valence-corrected chi connectivity index (χ3v) is 6.44.